The number of nitrogens with one attached hydrogen (secondary N) is 1. The number of benzene rings is 1. The number of aromatic amines is 1. The molecule has 0 radical (unpaired) electrons. The van der Waals surface area contributed by atoms with Crippen molar-refractivity contribution in [2.45, 2.75) is 0 Å². The molecule has 3 aromatic rings. The number of imidazole rings is 1. The van der Waals surface area contributed by atoms with E-state index in [4.69, 9.17) is 4.74 Å². The number of halogens is 1. The molecular formula is C15H13FN4O2. The smallest absolute Gasteiger partial charge is 0.259 e. The molecule has 112 valence electrons. The van der Waals surface area contributed by atoms with Gasteiger partial charge in [-0.2, -0.15) is 0 Å². The van der Waals surface area contributed by atoms with Crippen molar-refractivity contribution in [3.8, 4) is 5.75 Å². The standard InChI is InChI=1S/C15H13FN4O2/c1-20(10-3-4-11(16)13(6-10)22-2)15(21)9-5-12-14(17-7-9)19-8-18-12/h3-8H,1-2H3,(H,17,18,19). The average molecular weight is 300 g/mol. The molecule has 0 aliphatic carbocycles. The first-order chi connectivity index (χ1) is 10.6. The fourth-order valence-corrected chi connectivity index (χ4v) is 2.11. The van der Waals surface area contributed by atoms with Gasteiger partial charge in [0.25, 0.3) is 5.91 Å². The molecule has 2 heterocycles. The second kappa shape index (κ2) is 5.44. The third-order valence-corrected chi connectivity index (χ3v) is 3.35. The Balaban J connectivity index is 1.93. The first-order valence-corrected chi connectivity index (χ1v) is 6.51. The molecule has 3 rings (SSSR count). The van der Waals surface area contributed by atoms with Gasteiger partial charge >= 0.3 is 0 Å². The van der Waals surface area contributed by atoms with E-state index in [1.54, 1.807) is 13.1 Å². The molecule has 0 aliphatic rings. The van der Waals surface area contributed by atoms with Crippen LogP contribution in [0.4, 0.5) is 10.1 Å². The lowest BCUT2D eigenvalue weighted by Gasteiger charge is -2.18. The van der Waals surface area contributed by atoms with E-state index < -0.39 is 5.82 Å². The lowest BCUT2D eigenvalue weighted by atomic mass is 10.2. The van der Waals surface area contributed by atoms with Crippen LogP contribution in [0.3, 0.4) is 0 Å². The van der Waals surface area contributed by atoms with E-state index in [0.717, 1.165) is 0 Å². The van der Waals surface area contributed by atoms with Gasteiger partial charge in [0.2, 0.25) is 0 Å². The maximum atomic E-state index is 13.4. The third kappa shape index (κ3) is 2.37. The number of H-pyrrole nitrogens is 1. The zero-order valence-corrected chi connectivity index (χ0v) is 12.0. The molecule has 1 N–H and O–H groups in total. The fraction of sp³-hybridized carbons (Fsp3) is 0.133. The number of nitrogens with zero attached hydrogens (tertiary/aromatic N) is 3. The molecule has 2 aromatic heterocycles. The number of hydrogen-bond acceptors (Lipinski definition) is 4. The summed E-state index contributed by atoms with van der Waals surface area (Å²) in [7, 11) is 2.98. The summed E-state index contributed by atoms with van der Waals surface area (Å²) in [6.45, 7) is 0. The molecule has 22 heavy (non-hydrogen) atoms. The molecule has 6 nitrogen and oxygen atoms in total. The number of carbonyl (C=O) groups is 1. The molecule has 1 amide bonds. The minimum absolute atomic E-state index is 0.0827. The molecule has 0 bridgehead atoms. The van der Waals surface area contributed by atoms with Crippen LogP contribution in [0, 0.1) is 5.82 Å². The second-order valence-electron chi connectivity index (χ2n) is 4.68. The number of aromatic nitrogens is 3. The topological polar surface area (TPSA) is 71.1 Å². The summed E-state index contributed by atoms with van der Waals surface area (Å²) >= 11 is 0. The Morgan fingerprint density at radius 2 is 2.14 bits per heavy atom. The Bertz CT molecular complexity index is 846. The van der Waals surface area contributed by atoms with Gasteiger partial charge in [-0.05, 0) is 18.2 Å². The maximum absolute atomic E-state index is 13.4. The van der Waals surface area contributed by atoms with E-state index >= 15 is 0 Å². The molecule has 1 aromatic carbocycles. The van der Waals surface area contributed by atoms with Gasteiger partial charge in [-0.1, -0.05) is 0 Å². The highest BCUT2D eigenvalue weighted by Crippen LogP contribution is 2.25. The summed E-state index contributed by atoms with van der Waals surface area (Å²) in [4.78, 5) is 24.9. The molecule has 7 heteroatoms. The highest BCUT2D eigenvalue weighted by molar-refractivity contribution is 6.06. The fourth-order valence-electron chi connectivity index (χ4n) is 2.11. The number of pyridine rings is 1. The third-order valence-electron chi connectivity index (χ3n) is 3.35. The normalized spacial score (nSPS) is 10.7. The van der Waals surface area contributed by atoms with Crippen molar-refractivity contribution in [2.75, 3.05) is 19.1 Å². The van der Waals surface area contributed by atoms with Crippen LogP contribution in [-0.4, -0.2) is 35.0 Å². The monoisotopic (exact) mass is 300 g/mol. The zero-order chi connectivity index (χ0) is 15.7. The van der Waals surface area contributed by atoms with Gasteiger partial charge in [0.15, 0.2) is 17.2 Å². The van der Waals surface area contributed by atoms with Crippen molar-refractivity contribution in [1.29, 1.82) is 0 Å². The molecule has 0 saturated carbocycles. The molecular weight excluding hydrogens is 287 g/mol. The van der Waals surface area contributed by atoms with Crippen molar-refractivity contribution >= 4 is 22.8 Å². The van der Waals surface area contributed by atoms with Crippen molar-refractivity contribution < 1.29 is 13.9 Å². The van der Waals surface area contributed by atoms with Crippen molar-refractivity contribution in [1.82, 2.24) is 15.0 Å². The predicted molar refractivity (Wildman–Crippen MR) is 79.6 cm³/mol. The van der Waals surface area contributed by atoms with Crippen molar-refractivity contribution in [3.05, 3.63) is 48.2 Å². The Morgan fingerprint density at radius 1 is 1.32 bits per heavy atom. The van der Waals surface area contributed by atoms with Gasteiger partial charge in [-0.3, -0.25) is 4.79 Å². The van der Waals surface area contributed by atoms with Crippen LogP contribution in [0.1, 0.15) is 10.4 Å². The SMILES string of the molecule is COc1cc(N(C)C(=O)c2cnc3nc[nH]c3c2)ccc1F. The summed E-state index contributed by atoms with van der Waals surface area (Å²) in [5, 5.41) is 0. The van der Waals surface area contributed by atoms with Crippen LogP contribution >= 0.6 is 0 Å². The van der Waals surface area contributed by atoms with E-state index in [1.165, 1.54) is 42.7 Å². The first kappa shape index (κ1) is 14.0. The lowest BCUT2D eigenvalue weighted by Crippen LogP contribution is -2.26. The Hall–Kier alpha value is -2.96. The van der Waals surface area contributed by atoms with E-state index in [-0.39, 0.29) is 11.7 Å². The van der Waals surface area contributed by atoms with Gasteiger partial charge in [0.05, 0.1) is 24.5 Å². The number of fused-ring (bicyclic) bond motifs is 1. The summed E-state index contributed by atoms with van der Waals surface area (Å²) in [5.41, 5.74) is 2.15. The number of ether oxygens (including phenoxy) is 1. The second-order valence-corrected chi connectivity index (χ2v) is 4.68. The Labute approximate surface area is 125 Å². The summed E-state index contributed by atoms with van der Waals surface area (Å²) < 4.78 is 18.4. The van der Waals surface area contributed by atoms with Gasteiger partial charge in [-0.25, -0.2) is 14.4 Å². The number of rotatable bonds is 3. The average Bonchev–Trinajstić information content (AvgIpc) is 3.01. The van der Waals surface area contributed by atoms with Crippen LogP contribution < -0.4 is 9.64 Å². The quantitative estimate of drug-likeness (QED) is 0.806. The van der Waals surface area contributed by atoms with Crippen LogP contribution in [0.25, 0.3) is 11.2 Å². The number of carbonyl (C=O) groups excluding carboxylic acids is 1. The highest BCUT2D eigenvalue weighted by atomic mass is 19.1. The van der Waals surface area contributed by atoms with E-state index in [9.17, 15) is 9.18 Å². The number of anilines is 1. The molecule has 0 atom stereocenters. The Kier molecular flexibility index (Phi) is 3.46. The van der Waals surface area contributed by atoms with Gasteiger partial charge in [0, 0.05) is 25.0 Å². The number of amides is 1. The number of methoxy groups -OCH3 is 1. The van der Waals surface area contributed by atoms with E-state index in [0.29, 0.717) is 22.4 Å². The molecule has 0 aliphatic heterocycles. The summed E-state index contributed by atoms with van der Waals surface area (Å²) in [6, 6.07) is 5.91. The molecule has 0 saturated heterocycles. The summed E-state index contributed by atoms with van der Waals surface area (Å²) in [6.07, 6.45) is 2.98. The van der Waals surface area contributed by atoms with Crippen LogP contribution in [0.15, 0.2) is 36.8 Å². The van der Waals surface area contributed by atoms with Crippen LogP contribution in [0.2, 0.25) is 0 Å². The zero-order valence-electron chi connectivity index (χ0n) is 12.0. The van der Waals surface area contributed by atoms with Gasteiger partial charge < -0.3 is 14.6 Å². The van der Waals surface area contributed by atoms with Crippen molar-refractivity contribution in [2.24, 2.45) is 0 Å². The predicted octanol–water partition coefficient (Wildman–Crippen LogP) is 2.38. The first-order valence-electron chi connectivity index (χ1n) is 6.51. The Morgan fingerprint density at radius 3 is 2.91 bits per heavy atom. The summed E-state index contributed by atoms with van der Waals surface area (Å²) in [5.74, 6) is -0.662. The molecule has 0 unspecified atom stereocenters. The maximum Gasteiger partial charge on any atom is 0.259 e. The van der Waals surface area contributed by atoms with E-state index in [2.05, 4.69) is 15.0 Å². The molecule has 0 spiro atoms. The van der Waals surface area contributed by atoms with Gasteiger partial charge in [-0.15, -0.1) is 0 Å². The minimum atomic E-state index is -0.479. The highest BCUT2D eigenvalue weighted by Gasteiger charge is 2.16. The molecule has 0 fully saturated rings. The van der Waals surface area contributed by atoms with Crippen LogP contribution in [0.5, 0.6) is 5.75 Å². The van der Waals surface area contributed by atoms with Crippen LogP contribution in [-0.2, 0) is 0 Å². The lowest BCUT2D eigenvalue weighted by molar-refractivity contribution is 0.0993. The number of hydrogen-bond donors (Lipinski definition) is 1. The minimum Gasteiger partial charge on any atom is -0.494 e. The van der Waals surface area contributed by atoms with Crippen molar-refractivity contribution in [3.63, 3.8) is 0 Å². The van der Waals surface area contributed by atoms with Gasteiger partial charge in [0.1, 0.15) is 0 Å². The largest absolute Gasteiger partial charge is 0.494 e. The van der Waals surface area contributed by atoms with E-state index in [1.807, 2.05) is 0 Å².